The maximum Gasteiger partial charge on any atom is 0.326 e. The van der Waals surface area contributed by atoms with Crippen molar-refractivity contribution in [1.82, 2.24) is 5.32 Å². The lowest BCUT2D eigenvalue weighted by molar-refractivity contribution is -0.150. The lowest BCUT2D eigenvalue weighted by Crippen LogP contribution is -2.52. The van der Waals surface area contributed by atoms with E-state index in [-0.39, 0.29) is 5.97 Å². The monoisotopic (exact) mass is 299 g/mol. The summed E-state index contributed by atoms with van der Waals surface area (Å²) in [6.07, 6.45) is 8.91. The fraction of sp³-hybridized carbons (Fsp3) is 0.938. The summed E-state index contributed by atoms with van der Waals surface area (Å²) < 4.78 is 5.26. The quantitative estimate of drug-likeness (QED) is 0.523. The van der Waals surface area contributed by atoms with E-state index in [0.717, 1.165) is 18.1 Å². The van der Waals surface area contributed by atoms with E-state index in [1.165, 1.54) is 44.3 Å². The summed E-state index contributed by atoms with van der Waals surface area (Å²) in [7, 11) is 0. The number of hydrogen-bond donors (Lipinski definition) is 1. The highest BCUT2D eigenvalue weighted by Gasteiger charge is 2.39. The predicted molar refractivity (Wildman–Crippen MR) is 85.1 cm³/mol. The van der Waals surface area contributed by atoms with Crippen LogP contribution in [0.1, 0.15) is 58.8 Å². The average molecular weight is 299 g/mol. The van der Waals surface area contributed by atoms with Gasteiger partial charge in [0.2, 0.25) is 0 Å². The number of esters is 1. The van der Waals surface area contributed by atoms with Crippen molar-refractivity contribution in [3.63, 3.8) is 0 Å². The van der Waals surface area contributed by atoms with Crippen molar-refractivity contribution in [2.24, 2.45) is 5.92 Å². The first-order chi connectivity index (χ1) is 9.64. The molecule has 116 valence electrons. The van der Waals surface area contributed by atoms with Gasteiger partial charge in [-0.3, -0.25) is 10.1 Å². The molecular formula is C16H29NO2S. The van der Waals surface area contributed by atoms with E-state index in [2.05, 4.69) is 5.32 Å². The molecule has 3 nitrogen and oxygen atoms in total. The Kier molecular flexibility index (Phi) is 6.21. The van der Waals surface area contributed by atoms with E-state index in [4.69, 9.17) is 4.74 Å². The Labute approximate surface area is 127 Å². The maximum atomic E-state index is 12.2. The smallest absolute Gasteiger partial charge is 0.326 e. The molecule has 2 saturated carbocycles. The first-order valence-corrected chi connectivity index (χ1v) is 9.32. The summed E-state index contributed by atoms with van der Waals surface area (Å²) in [4.78, 5) is 12.2. The SMILES string of the molecule is CCOC(=O)C(C)(CCSCC1CCCC1)NC1CC1. The summed E-state index contributed by atoms with van der Waals surface area (Å²) in [6, 6.07) is 0.532. The molecule has 4 heteroatoms. The van der Waals surface area contributed by atoms with Crippen LogP contribution in [0.2, 0.25) is 0 Å². The molecule has 0 saturated heterocycles. The molecule has 0 heterocycles. The normalized spacial score (nSPS) is 22.7. The van der Waals surface area contributed by atoms with Crippen molar-refractivity contribution >= 4 is 17.7 Å². The molecular weight excluding hydrogens is 270 g/mol. The van der Waals surface area contributed by atoms with Gasteiger partial charge in [0.1, 0.15) is 5.54 Å². The molecule has 2 rings (SSSR count). The van der Waals surface area contributed by atoms with Crippen LogP contribution >= 0.6 is 11.8 Å². The van der Waals surface area contributed by atoms with Gasteiger partial charge < -0.3 is 4.74 Å². The molecule has 0 aliphatic heterocycles. The second-order valence-electron chi connectivity index (χ2n) is 6.45. The Morgan fingerprint density at radius 2 is 2.00 bits per heavy atom. The highest BCUT2D eigenvalue weighted by atomic mass is 32.2. The molecule has 0 aromatic heterocycles. The van der Waals surface area contributed by atoms with Crippen molar-refractivity contribution in [2.75, 3.05) is 18.1 Å². The highest BCUT2D eigenvalue weighted by molar-refractivity contribution is 7.99. The van der Waals surface area contributed by atoms with Crippen LogP contribution in [0.15, 0.2) is 0 Å². The Morgan fingerprint density at radius 1 is 1.30 bits per heavy atom. The Hall–Kier alpha value is -0.220. The first kappa shape index (κ1) is 16.2. The van der Waals surface area contributed by atoms with Gasteiger partial charge >= 0.3 is 5.97 Å². The van der Waals surface area contributed by atoms with Crippen LogP contribution in [0.5, 0.6) is 0 Å². The van der Waals surface area contributed by atoms with E-state index >= 15 is 0 Å². The maximum absolute atomic E-state index is 12.2. The predicted octanol–water partition coefficient (Wildman–Crippen LogP) is 3.37. The van der Waals surface area contributed by atoms with Gasteiger partial charge in [-0.15, -0.1) is 0 Å². The molecule has 2 fully saturated rings. The van der Waals surface area contributed by atoms with Crippen LogP contribution in [-0.4, -0.2) is 35.7 Å². The van der Waals surface area contributed by atoms with Crippen molar-refractivity contribution < 1.29 is 9.53 Å². The Bertz CT molecular complexity index is 314. The van der Waals surface area contributed by atoms with Gasteiger partial charge in [-0.25, -0.2) is 0 Å². The van der Waals surface area contributed by atoms with E-state index in [1.54, 1.807) is 0 Å². The van der Waals surface area contributed by atoms with E-state index in [1.807, 2.05) is 25.6 Å². The zero-order chi connectivity index (χ0) is 14.4. The zero-order valence-electron chi connectivity index (χ0n) is 13.0. The minimum Gasteiger partial charge on any atom is -0.465 e. The number of nitrogens with one attached hydrogen (secondary N) is 1. The molecule has 0 amide bonds. The van der Waals surface area contributed by atoms with E-state index in [0.29, 0.717) is 12.6 Å². The van der Waals surface area contributed by atoms with Gasteiger partial charge in [0.05, 0.1) is 6.61 Å². The molecule has 2 aliphatic carbocycles. The number of thioether (sulfide) groups is 1. The van der Waals surface area contributed by atoms with Gasteiger partial charge in [-0.1, -0.05) is 12.8 Å². The number of ether oxygens (including phenoxy) is 1. The molecule has 0 aromatic rings. The molecule has 0 spiro atoms. The lowest BCUT2D eigenvalue weighted by atomic mass is 9.99. The molecule has 1 atom stereocenters. The van der Waals surface area contributed by atoms with Gasteiger partial charge in [0.15, 0.2) is 0 Å². The molecule has 0 radical (unpaired) electrons. The molecule has 20 heavy (non-hydrogen) atoms. The molecule has 1 N–H and O–H groups in total. The fourth-order valence-corrected chi connectivity index (χ4v) is 4.29. The van der Waals surface area contributed by atoms with Crippen LogP contribution in [0.25, 0.3) is 0 Å². The van der Waals surface area contributed by atoms with Crippen molar-refractivity contribution in [3.05, 3.63) is 0 Å². The molecule has 0 aromatic carbocycles. The molecule has 1 unspecified atom stereocenters. The number of carbonyl (C=O) groups is 1. The highest BCUT2D eigenvalue weighted by Crippen LogP contribution is 2.30. The van der Waals surface area contributed by atoms with Crippen molar-refractivity contribution in [2.45, 2.75) is 70.4 Å². The van der Waals surface area contributed by atoms with Gasteiger partial charge in [0, 0.05) is 6.04 Å². The van der Waals surface area contributed by atoms with Gasteiger partial charge in [0.25, 0.3) is 0 Å². The minimum atomic E-state index is -0.486. The van der Waals surface area contributed by atoms with Crippen LogP contribution < -0.4 is 5.32 Å². The number of carbonyl (C=O) groups excluding carboxylic acids is 1. The third-order valence-electron chi connectivity index (χ3n) is 4.40. The van der Waals surface area contributed by atoms with Crippen LogP contribution in [-0.2, 0) is 9.53 Å². The summed E-state index contributed by atoms with van der Waals surface area (Å²) in [5.41, 5.74) is -0.486. The fourth-order valence-electron chi connectivity index (χ4n) is 2.91. The summed E-state index contributed by atoms with van der Waals surface area (Å²) in [6.45, 7) is 4.36. The summed E-state index contributed by atoms with van der Waals surface area (Å²) >= 11 is 2.01. The first-order valence-electron chi connectivity index (χ1n) is 8.16. The minimum absolute atomic E-state index is 0.0756. The summed E-state index contributed by atoms with van der Waals surface area (Å²) in [5, 5.41) is 3.49. The van der Waals surface area contributed by atoms with Crippen LogP contribution in [0, 0.1) is 5.92 Å². The Morgan fingerprint density at radius 3 is 2.60 bits per heavy atom. The standard InChI is InChI=1S/C16H29NO2S/c1-3-19-15(18)16(2,17-14-8-9-14)10-11-20-12-13-6-4-5-7-13/h13-14,17H,3-12H2,1-2H3. The van der Waals surface area contributed by atoms with Crippen molar-refractivity contribution in [1.29, 1.82) is 0 Å². The Balaban J connectivity index is 1.72. The van der Waals surface area contributed by atoms with Crippen LogP contribution in [0.3, 0.4) is 0 Å². The van der Waals surface area contributed by atoms with E-state index in [9.17, 15) is 4.79 Å². The second kappa shape index (κ2) is 7.69. The zero-order valence-corrected chi connectivity index (χ0v) is 13.8. The third kappa shape index (κ3) is 4.96. The van der Waals surface area contributed by atoms with Gasteiger partial charge in [-0.2, -0.15) is 11.8 Å². The largest absolute Gasteiger partial charge is 0.465 e. The summed E-state index contributed by atoms with van der Waals surface area (Å²) in [5.74, 6) is 3.16. The van der Waals surface area contributed by atoms with E-state index < -0.39 is 5.54 Å². The molecule has 0 bridgehead atoms. The number of hydrogen-bond acceptors (Lipinski definition) is 4. The van der Waals surface area contributed by atoms with Crippen molar-refractivity contribution in [3.8, 4) is 0 Å². The van der Waals surface area contributed by atoms with Gasteiger partial charge in [-0.05, 0) is 63.4 Å². The van der Waals surface area contributed by atoms with Crippen LogP contribution in [0.4, 0.5) is 0 Å². The number of rotatable bonds is 9. The average Bonchev–Trinajstić information content (AvgIpc) is 3.07. The molecule has 2 aliphatic rings. The second-order valence-corrected chi connectivity index (χ2v) is 7.60. The third-order valence-corrected chi connectivity index (χ3v) is 5.60. The topological polar surface area (TPSA) is 38.3 Å². The lowest BCUT2D eigenvalue weighted by Gasteiger charge is -2.28.